The molecule has 0 radical (unpaired) electrons. The van der Waals surface area contributed by atoms with Gasteiger partial charge in [-0.05, 0) is 72.8 Å². The molecule has 2 aliphatic rings. The third-order valence-electron chi connectivity index (χ3n) is 7.24. The van der Waals surface area contributed by atoms with E-state index in [1.807, 2.05) is 12.1 Å². The van der Waals surface area contributed by atoms with Crippen molar-refractivity contribution in [3.05, 3.63) is 54.1 Å². The monoisotopic (exact) mass is 398 g/mol. The number of fused-ring (bicyclic) bond motifs is 2. The van der Waals surface area contributed by atoms with Crippen LogP contribution in [-0.2, 0) is 0 Å². The minimum Gasteiger partial charge on any atom is -0.489 e. The smallest absolute Gasteiger partial charge is 0.137 e. The van der Waals surface area contributed by atoms with Crippen LogP contribution in [0, 0.1) is 29.4 Å². The molecule has 0 amide bonds. The molecule has 1 nitrogen and oxygen atoms in total. The summed E-state index contributed by atoms with van der Waals surface area (Å²) < 4.78 is 35.5. The highest BCUT2D eigenvalue weighted by Gasteiger charge is 2.36. The van der Waals surface area contributed by atoms with Crippen molar-refractivity contribution >= 4 is 10.8 Å². The third-order valence-corrected chi connectivity index (χ3v) is 7.24. The number of halogens is 2. The standard InChI is InChI=1S/C26H32F2O/c1-3-5-17-6-7-19-14-20(9-8-18(19)13-17)23-11-10-21-15-22(29-12-4-2)16-24(27)25(21)26(23)28/h4,10-11,15-20H,2-3,5-9,12-14H2,1H3. The molecule has 156 valence electrons. The minimum atomic E-state index is -0.547. The summed E-state index contributed by atoms with van der Waals surface area (Å²) in [6, 6.07) is 6.72. The van der Waals surface area contributed by atoms with Crippen molar-refractivity contribution in [2.24, 2.45) is 17.8 Å². The van der Waals surface area contributed by atoms with Crippen molar-refractivity contribution in [2.45, 2.75) is 64.2 Å². The van der Waals surface area contributed by atoms with Gasteiger partial charge >= 0.3 is 0 Å². The minimum absolute atomic E-state index is 0.0993. The van der Waals surface area contributed by atoms with Crippen LogP contribution in [0.5, 0.6) is 5.75 Å². The molecule has 2 saturated carbocycles. The molecule has 2 aliphatic carbocycles. The summed E-state index contributed by atoms with van der Waals surface area (Å²) in [4.78, 5) is 0. The Morgan fingerprint density at radius 2 is 1.86 bits per heavy atom. The van der Waals surface area contributed by atoms with E-state index in [9.17, 15) is 4.39 Å². The highest BCUT2D eigenvalue weighted by molar-refractivity contribution is 5.86. The van der Waals surface area contributed by atoms with Gasteiger partial charge in [-0.15, -0.1) is 0 Å². The predicted octanol–water partition coefficient (Wildman–Crippen LogP) is 7.78. The van der Waals surface area contributed by atoms with E-state index in [0.29, 0.717) is 29.2 Å². The molecule has 0 N–H and O–H groups in total. The predicted molar refractivity (Wildman–Crippen MR) is 115 cm³/mol. The van der Waals surface area contributed by atoms with Crippen LogP contribution < -0.4 is 4.74 Å². The van der Waals surface area contributed by atoms with E-state index in [-0.39, 0.29) is 17.1 Å². The first-order valence-electron chi connectivity index (χ1n) is 11.3. The Morgan fingerprint density at radius 1 is 1.07 bits per heavy atom. The largest absolute Gasteiger partial charge is 0.489 e. The lowest BCUT2D eigenvalue weighted by atomic mass is 9.63. The molecule has 4 rings (SSSR count). The quantitative estimate of drug-likeness (QED) is 0.451. The summed E-state index contributed by atoms with van der Waals surface area (Å²) in [7, 11) is 0. The molecular formula is C26H32F2O. The lowest BCUT2D eigenvalue weighted by molar-refractivity contribution is 0.113. The van der Waals surface area contributed by atoms with E-state index < -0.39 is 5.82 Å². The molecule has 2 aromatic carbocycles. The van der Waals surface area contributed by atoms with Gasteiger partial charge in [-0.1, -0.05) is 51.0 Å². The number of ether oxygens (including phenoxy) is 1. The summed E-state index contributed by atoms with van der Waals surface area (Å²) in [5.74, 6) is 2.10. The zero-order valence-electron chi connectivity index (χ0n) is 17.4. The Labute approximate surface area is 173 Å². The maximum Gasteiger partial charge on any atom is 0.137 e. The Morgan fingerprint density at radius 3 is 2.66 bits per heavy atom. The van der Waals surface area contributed by atoms with Gasteiger partial charge < -0.3 is 4.74 Å². The number of benzene rings is 2. The summed E-state index contributed by atoms with van der Waals surface area (Å²) in [5, 5.41) is 0.654. The highest BCUT2D eigenvalue weighted by Crippen LogP contribution is 2.49. The second-order valence-electron chi connectivity index (χ2n) is 9.07. The molecule has 0 spiro atoms. The molecule has 4 atom stereocenters. The summed E-state index contributed by atoms with van der Waals surface area (Å²) in [6.07, 6.45) is 11.4. The molecule has 29 heavy (non-hydrogen) atoms. The third kappa shape index (κ3) is 4.20. The maximum atomic E-state index is 15.4. The van der Waals surface area contributed by atoms with Crippen LogP contribution in [0.1, 0.15) is 69.8 Å². The van der Waals surface area contributed by atoms with Gasteiger partial charge in [0, 0.05) is 6.07 Å². The van der Waals surface area contributed by atoms with Crippen molar-refractivity contribution in [1.29, 1.82) is 0 Å². The topological polar surface area (TPSA) is 9.23 Å². The van der Waals surface area contributed by atoms with E-state index in [4.69, 9.17) is 4.74 Å². The first-order chi connectivity index (χ1) is 14.1. The van der Waals surface area contributed by atoms with E-state index in [1.54, 1.807) is 12.1 Å². The molecule has 0 saturated heterocycles. The fourth-order valence-corrected chi connectivity index (χ4v) is 5.86. The Kier molecular flexibility index (Phi) is 6.22. The molecule has 2 fully saturated rings. The van der Waals surface area contributed by atoms with E-state index in [2.05, 4.69) is 13.5 Å². The maximum absolute atomic E-state index is 15.4. The fourth-order valence-electron chi connectivity index (χ4n) is 5.86. The molecule has 0 heterocycles. The number of hydrogen-bond donors (Lipinski definition) is 0. The van der Waals surface area contributed by atoms with Gasteiger partial charge in [0.05, 0.1) is 5.39 Å². The molecular weight excluding hydrogens is 366 g/mol. The second-order valence-corrected chi connectivity index (χ2v) is 9.07. The Hall–Kier alpha value is -1.90. The molecule has 4 unspecified atom stereocenters. The normalized spacial score (nSPS) is 26.9. The van der Waals surface area contributed by atoms with Gasteiger partial charge in [0.2, 0.25) is 0 Å². The summed E-state index contributed by atoms with van der Waals surface area (Å²) >= 11 is 0. The van der Waals surface area contributed by atoms with E-state index in [1.165, 1.54) is 44.6 Å². The molecule has 0 aromatic heterocycles. The average molecular weight is 399 g/mol. The zero-order chi connectivity index (χ0) is 20.4. The van der Waals surface area contributed by atoms with Crippen molar-refractivity contribution in [3.63, 3.8) is 0 Å². The van der Waals surface area contributed by atoms with E-state index >= 15 is 4.39 Å². The van der Waals surface area contributed by atoms with Crippen LogP contribution in [0.4, 0.5) is 8.78 Å². The highest BCUT2D eigenvalue weighted by atomic mass is 19.1. The SMILES string of the molecule is C=CCOc1cc(F)c2c(F)c(C3CCC4CC(CCC)CCC4C3)ccc2c1. The summed E-state index contributed by atoms with van der Waals surface area (Å²) in [6.45, 7) is 6.18. The van der Waals surface area contributed by atoms with Crippen LogP contribution in [0.15, 0.2) is 36.9 Å². The van der Waals surface area contributed by atoms with Gasteiger partial charge in [0.1, 0.15) is 24.0 Å². The average Bonchev–Trinajstić information content (AvgIpc) is 2.72. The van der Waals surface area contributed by atoms with Crippen LogP contribution in [0.3, 0.4) is 0 Å². The van der Waals surface area contributed by atoms with E-state index in [0.717, 1.165) is 24.7 Å². The van der Waals surface area contributed by atoms with Crippen molar-refractivity contribution in [2.75, 3.05) is 6.61 Å². The van der Waals surface area contributed by atoms with Gasteiger partial charge in [0.25, 0.3) is 0 Å². The summed E-state index contributed by atoms with van der Waals surface area (Å²) in [5.41, 5.74) is 0.699. The Bertz CT molecular complexity index is 875. The second kappa shape index (κ2) is 8.85. The number of hydrogen-bond acceptors (Lipinski definition) is 1. The van der Waals surface area contributed by atoms with Crippen LogP contribution >= 0.6 is 0 Å². The molecule has 2 aromatic rings. The lowest BCUT2D eigenvalue weighted by Crippen LogP contribution is -2.30. The molecule has 0 aliphatic heterocycles. The fraction of sp³-hybridized carbons (Fsp3) is 0.538. The van der Waals surface area contributed by atoms with Crippen LogP contribution in [-0.4, -0.2) is 6.61 Å². The first-order valence-corrected chi connectivity index (χ1v) is 11.3. The van der Waals surface area contributed by atoms with Gasteiger partial charge in [-0.3, -0.25) is 0 Å². The van der Waals surface area contributed by atoms with Crippen molar-refractivity contribution in [1.82, 2.24) is 0 Å². The van der Waals surface area contributed by atoms with Gasteiger partial charge in [0.15, 0.2) is 0 Å². The van der Waals surface area contributed by atoms with Gasteiger partial charge in [-0.2, -0.15) is 0 Å². The molecule has 0 bridgehead atoms. The first kappa shape index (κ1) is 20.4. The Balaban J connectivity index is 1.55. The van der Waals surface area contributed by atoms with Gasteiger partial charge in [-0.25, -0.2) is 8.78 Å². The van der Waals surface area contributed by atoms with Crippen molar-refractivity contribution in [3.8, 4) is 5.75 Å². The molecule has 3 heteroatoms. The van der Waals surface area contributed by atoms with Crippen molar-refractivity contribution < 1.29 is 13.5 Å². The zero-order valence-corrected chi connectivity index (χ0v) is 17.4. The number of rotatable bonds is 6. The van der Waals surface area contributed by atoms with Crippen LogP contribution in [0.2, 0.25) is 0 Å². The lowest BCUT2D eigenvalue weighted by Gasteiger charge is -2.42. The van der Waals surface area contributed by atoms with Crippen LogP contribution in [0.25, 0.3) is 10.8 Å².